The molecule has 0 atom stereocenters. The van der Waals surface area contributed by atoms with Crippen molar-refractivity contribution in [3.63, 3.8) is 0 Å². The lowest BCUT2D eigenvalue weighted by molar-refractivity contribution is 0.747. The van der Waals surface area contributed by atoms with Crippen LogP contribution in [0.5, 0.6) is 0 Å². The molecule has 2 rings (SSSR count). The van der Waals surface area contributed by atoms with E-state index in [1.165, 1.54) is 10.9 Å². The molecule has 0 radical (unpaired) electrons. The molecular formula is C15H20N2S. The van der Waals surface area contributed by atoms with Crippen LogP contribution < -0.4 is 5.32 Å². The third kappa shape index (κ3) is 3.24. The Morgan fingerprint density at radius 2 is 2.06 bits per heavy atom. The molecule has 0 saturated carbocycles. The van der Waals surface area contributed by atoms with Crippen molar-refractivity contribution in [3.05, 3.63) is 35.9 Å². The average molecular weight is 260 g/mol. The van der Waals surface area contributed by atoms with E-state index in [9.17, 15) is 0 Å². The number of nitrogens with zero attached hydrogens (tertiary/aromatic N) is 1. The third-order valence-electron chi connectivity index (χ3n) is 2.68. The molecule has 0 aliphatic carbocycles. The molecule has 0 amide bonds. The fourth-order valence-corrected chi connectivity index (χ4v) is 2.80. The van der Waals surface area contributed by atoms with Gasteiger partial charge in [0.05, 0.1) is 5.52 Å². The van der Waals surface area contributed by atoms with Gasteiger partial charge in [0.15, 0.2) is 0 Å². The molecule has 0 fully saturated rings. The van der Waals surface area contributed by atoms with E-state index >= 15 is 0 Å². The molecule has 2 nitrogen and oxygen atoms in total. The standard InChI is InChI=1S/C15H20N2S/c1-11(2)10-18-15-13(9-16-3)8-12-6-4-5-7-14(12)17-15/h4-8,11,16H,9-10H2,1-3H3. The van der Waals surface area contributed by atoms with Crippen molar-refractivity contribution >= 4 is 22.7 Å². The van der Waals surface area contributed by atoms with E-state index < -0.39 is 0 Å². The van der Waals surface area contributed by atoms with Crippen LogP contribution in [0.3, 0.4) is 0 Å². The molecule has 1 N–H and O–H groups in total. The Labute approximate surface area is 113 Å². The zero-order valence-corrected chi connectivity index (χ0v) is 12.1. The molecule has 0 aliphatic heterocycles. The number of thioether (sulfide) groups is 1. The normalized spacial score (nSPS) is 11.3. The monoisotopic (exact) mass is 260 g/mol. The minimum atomic E-state index is 0.686. The summed E-state index contributed by atoms with van der Waals surface area (Å²) in [6, 6.07) is 10.6. The van der Waals surface area contributed by atoms with Crippen LogP contribution in [0.2, 0.25) is 0 Å². The number of fused-ring (bicyclic) bond motifs is 1. The van der Waals surface area contributed by atoms with Crippen molar-refractivity contribution in [2.24, 2.45) is 5.92 Å². The summed E-state index contributed by atoms with van der Waals surface area (Å²) in [5, 5.41) is 5.61. The van der Waals surface area contributed by atoms with E-state index in [4.69, 9.17) is 4.98 Å². The van der Waals surface area contributed by atoms with Gasteiger partial charge in [-0.1, -0.05) is 32.0 Å². The Kier molecular flexibility index (Phi) is 4.61. The van der Waals surface area contributed by atoms with Crippen LogP contribution in [0.4, 0.5) is 0 Å². The number of benzene rings is 1. The summed E-state index contributed by atoms with van der Waals surface area (Å²) in [6.07, 6.45) is 0. The summed E-state index contributed by atoms with van der Waals surface area (Å²) in [6.45, 7) is 5.36. The largest absolute Gasteiger partial charge is 0.316 e. The number of aromatic nitrogens is 1. The SMILES string of the molecule is CNCc1cc2ccccc2nc1SCC(C)C. The molecule has 0 spiro atoms. The van der Waals surface area contributed by atoms with E-state index in [1.54, 1.807) is 0 Å². The first kappa shape index (κ1) is 13.4. The number of para-hydroxylation sites is 1. The summed E-state index contributed by atoms with van der Waals surface area (Å²) >= 11 is 1.86. The minimum Gasteiger partial charge on any atom is -0.316 e. The third-order valence-corrected chi connectivity index (χ3v) is 4.14. The maximum atomic E-state index is 4.79. The van der Waals surface area contributed by atoms with E-state index in [0.29, 0.717) is 5.92 Å². The first-order chi connectivity index (χ1) is 8.70. The Morgan fingerprint density at radius 3 is 2.78 bits per heavy atom. The van der Waals surface area contributed by atoms with Gasteiger partial charge in [-0.05, 0) is 30.7 Å². The summed E-state index contributed by atoms with van der Waals surface area (Å²) in [7, 11) is 1.98. The number of pyridine rings is 1. The van der Waals surface area contributed by atoms with Crippen molar-refractivity contribution in [3.8, 4) is 0 Å². The van der Waals surface area contributed by atoms with Crippen LogP contribution in [0.25, 0.3) is 10.9 Å². The molecule has 96 valence electrons. The number of hydrogen-bond acceptors (Lipinski definition) is 3. The molecule has 1 aromatic heterocycles. The second-order valence-corrected chi connectivity index (χ2v) is 5.89. The van der Waals surface area contributed by atoms with E-state index in [2.05, 4.69) is 43.4 Å². The maximum absolute atomic E-state index is 4.79. The minimum absolute atomic E-state index is 0.686. The van der Waals surface area contributed by atoms with Crippen molar-refractivity contribution in [1.29, 1.82) is 0 Å². The van der Waals surface area contributed by atoms with Gasteiger partial charge in [0, 0.05) is 17.7 Å². The zero-order valence-electron chi connectivity index (χ0n) is 11.2. The maximum Gasteiger partial charge on any atom is 0.101 e. The zero-order chi connectivity index (χ0) is 13.0. The molecule has 1 heterocycles. The predicted molar refractivity (Wildman–Crippen MR) is 80.1 cm³/mol. The second-order valence-electron chi connectivity index (χ2n) is 4.88. The van der Waals surface area contributed by atoms with Crippen molar-refractivity contribution in [1.82, 2.24) is 10.3 Å². The van der Waals surface area contributed by atoms with Crippen molar-refractivity contribution in [2.75, 3.05) is 12.8 Å². The van der Waals surface area contributed by atoms with E-state index in [0.717, 1.165) is 22.8 Å². The van der Waals surface area contributed by atoms with Crippen LogP contribution in [0.15, 0.2) is 35.4 Å². The first-order valence-electron chi connectivity index (χ1n) is 6.36. The molecule has 0 saturated heterocycles. The molecule has 3 heteroatoms. The molecule has 0 bridgehead atoms. The van der Waals surface area contributed by atoms with Crippen LogP contribution in [0.1, 0.15) is 19.4 Å². The molecule has 0 aliphatic rings. The number of nitrogens with one attached hydrogen (secondary N) is 1. The predicted octanol–water partition coefficient (Wildman–Crippen LogP) is 3.70. The van der Waals surface area contributed by atoms with Crippen LogP contribution in [-0.2, 0) is 6.54 Å². The first-order valence-corrected chi connectivity index (χ1v) is 7.35. The van der Waals surface area contributed by atoms with Gasteiger partial charge in [-0.3, -0.25) is 0 Å². The van der Waals surface area contributed by atoms with Gasteiger partial charge in [-0.2, -0.15) is 0 Å². The van der Waals surface area contributed by atoms with Crippen LogP contribution >= 0.6 is 11.8 Å². The van der Waals surface area contributed by atoms with Gasteiger partial charge in [-0.25, -0.2) is 4.98 Å². The van der Waals surface area contributed by atoms with Gasteiger partial charge >= 0.3 is 0 Å². The quantitative estimate of drug-likeness (QED) is 0.830. The summed E-state index contributed by atoms with van der Waals surface area (Å²) in [5.41, 5.74) is 2.38. The summed E-state index contributed by atoms with van der Waals surface area (Å²) < 4.78 is 0. The van der Waals surface area contributed by atoms with E-state index in [-0.39, 0.29) is 0 Å². The Morgan fingerprint density at radius 1 is 1.28 bits per heavy atom. The highest BCUT2D eigenvalue weighted by Crippen LogP contribution is 2.26. The molecular weight excluding hydrogens is 240 g/mol. The highest BCUT2D eigenvalue weighted by atomic mass is 32.2. The average Bonchev–Trinajstić information content (AvgIpc) is 2.36. The lowest BCUT2D eigenvalue weighted by Crippen LogP contribution is -2.07. The summed E-state index contributed by atoms with van der Waals surface area (Å²) in [4.78, 5) is 4.79. The molecule has 0 unspecified atom stereocenters. The van der Waals surface area contributed by atoms with E-state index in [1.807, 2.05) is 24.9 Å². The molecule has 1 aromatic carbocycles. The second kappa shape index (κ2) is 6.21. The van der Waals surface area contributed by atoms with Crippen LogP contribution in [-0.4, -0.2) is 17.8 Å². The lowest BCUT2D eigenvalue weighted by atomic mass is 10.1. The Balaban J connectivity index is 2.37. The van der Waals surface area contributed by atoms with Gasteiger partial charge in [-0.15, -0.1) is 11.8 Å². The molecule has 2 aromatic rings. The topological polar surface area (TPSA) is 24.9 Å². The van der Waals surface area contributed by atoms with Gasteiger partial charge < -0.3 is 5.32 Å². The highest BCUT2D eigenvalue weighted by Gasteiger charge is 2.07. The Bertz CT molecular complexity index is 523. The van der Waals surface area contributed by atoms with Gasteiger partial charge in [0.25, 0.3) is 0 Å². The number of hydrogen-bond donors (Lipinski definition) is 1. The smallest absolute Gasteiger partial charge is 0.101 e. The van der Waals surface area contributed by atoms with Gasteiger partial charge in [0.1, 0.15) is 5.03 Å². The van der Waals surface area contributed by atoms with Crippen LogP contribution in [0, 0.1) is 5.92 Å². The number of rotatable bonds is 5. The molecule has 18 heavy (non-hydrogen) atoms. The Hall–Kier alpha value is -1.06. The fraction of sp³-hybridized carbons (Fsp3) is 0.400. The summed E-state index contributed by atoms with van der Waals surface area (Å²) in [5.74, 6) is 1.80. The fourth-order valence-electron chi connectivity index (χ4n) is 1.83. The lowest BCUT2D eigenvalue weighted by Gasteiger charge is -2.11. The van der Waals surface area contributed by atoms with Crippen molar-refractivity contribution < 1.29 is 0 Å². The highest BCUT2D eigenvalue weighted by molar-refractivity contribution is 7.99. The van der Waals surface area contributed by atoms with Crippen molar-refractivity contribution in [2.45, 2.75) is 25.4 Å². The van der Waals surface area contributed by atoms with Gasteiger partial charge in [0.2, 0.25) is 0 Å².